The zero-order valence-corrected chi connectivity index (χ0v) is 12.3. The fraction of sp³-hybridized carbons (Fsp3) is 0. The average molecular weight is 305 g/mol. The van der Waals surface area contributed by atoms with Gasteiger partial charge in [0, 0.05) is 4.90 Å². The Labute approximate surface area is 131 Å². The van der Waals surface area contributed by atoms with Gasteiger partial charge >= 0.3 is 0 Å². The lowest BCUT2D eigenvalue weighted by atomic mass is 10.1. The number of nitrogens with zero attached hydrogens (tertiary/aromatic N) is 1. The molecular formula is C18H11NO2S. The molecule has 0 aromatic heterocycles. The summed E-state index contributed by atoms with van der Waals surface area (Å²) in [5.74, 6) is -0.502. The summed E-state index contributed by atoms with van der Waals surface area (Å²) in [6.07, 6.45) is 0. The van der Waals surface area contributed by atoms with Gasteiger partial charge in [-0.25, -0.2) is 4.31 Å². The van der Waals surface area contributed by atoms with Crippen LogP contribution < -0.4 is 0 Å². The molecule has 0 aliphatic carbocycles. The number of hydrogen-bond acceptors (Lipinski definition) is 3. The summed E-state index contributed by atoms with van der Waals surface area (Å²) in [6.45, 7) is 0. The molecule has 0 saturated heterocycles. The van der Waals surface area contributed by atoms with E-state index in [4.69, 9.17) is 0 Å². The summed E-state index contributed by atoms with van der Waals surface area (Å²) < 4.78 is 1.23. The summed E-state index contributed by atoms with van der Waals surface area (Å²) in [5.41, 5.74) is 0.946. The lowest BCUT2D eigenvalue weighted by molar-refractivity contribution is 0.0777. The molecular weight excluding hydrogens is 294 g/mol. The second kappa shape index (κ2) is 5.00. The summed E-state index contributed by atoms with van der Waals surface area (Å²) in [5, 5.41) is 2.22. The van der Waals surface area contributed by atoms with Gasteiger partial charge in [0.1, 0.15) is 0 Å². The minimum absolute atomic E-state index is 0.251. The Morgan fingerprint density at radius 3 is 1.95 bits per heavy atom. The van der Waals surface area contributed by atoms with E-state index in [9.17, 15) is 9.59 Å². The smallest absolute Gasteiger partial charge is 0.268 e. The molecule has 3 aromatic carbocycles. The molecule has 106 valence electrons. The standard InChI is InChI=1S/C18H11NO2S/c20-17-15-7-3-4-8-16(15)18(21)19(17)22-14-10-9-12-5-1-2-6-13(12)11-14/h1-11H. The normalized spacial score (nSPS) is 13.7. The van der Waals surface area contributed by atoms with Crippen molar-refractivity contribution in [3.8, 4) is 0 Å². The van der Waals surface area contributed by atoms with E-state index in [-0.39, 0.29) is 11.8 Å². The van der Waals surface area contributed by atoms with E-state index >= 15 is 0 Å². The second-order valence-corrected chi connectivity index (χ2v) is 6.07. The van der Waals surface area contributed by atoms with Gasteiger partial charge in [-0.2, -0.15) is 0 Å². The molecule has 0 atom stereocenters. The summed E-state index contributed by atoms with van der Waals surface area (Å²) in [4.78, 5) is 25.6. The van der Waals surface area contributed by atoms with Gasteiger partial charge < -0.3 is 0 Å². The number of benzene rings is 3. The van der Waals surface area contributed by atoms with Crippen molar-refractivity contribution in [1.29, 1.82) is 0 Å². The van der Waals surface area contributed by atoms with E-state index < -0.39 is 0 Å². The molecule has 2 amide bonds. The number of hydrogen-bond donors (Lipinski definition) is 0. The van der Waals surface area contributed by atoms with Gasteiger partial charge in [-0.1, -0.05) is 42.5 Å². The number of fused-ring (bicyclic) bond motifs is 2. The highest BCUT2D eigenvalue weighted by molar-refractivity contribution is 7.98. The molecule has 22 heavy (non-hydrogen) atoms. The van der Waals surface area contributed by atoms with E-state index in [0.717, 1.165) is 15.7 Å². The first kappa shape index (κ1) is 13.1. The van der Waals surface area contributed by atoms with Crippen molar-refractivity contribution >= 4 is 34.5 Å². The van der Waals surface area contributed by atoms with Gasteiger partial charge in [-0.3, -0.25) is 9.59 Å². The number of imide groups is 1. The molecule has 4 rings (SSSR count). The van der Waals surface area contributed by atoms with Gasteiger partial charge in [-0.15, -0.1) is 0 Å². The molecule has 1 aliphatic rings. The van der Waals surface area contributed by atoms with Crippen molar-refractivity contribution in [1.82, 2.24) is 4.31 Å². The summed E-state index contributed by atoms with van der Waals surface area (Å²) in [7, 11) is 0. The largest absolute Gasteiger partial charge is 0.272 e. The molecule has 1 heterocycles. The van der Waals surface area contributed by atoms with Crippen molar-refractivity contribution in [2.45, 2.75) is 4.90 Å². The van der Waals surface area contributed by atoms with Gasteiger partial charge in [-0.05, 0) is 47.0 Å². The van der Waals surface area contributed by atoms with E-state index in [1.165, 1.54) is 16.3 Å². The highest BCUT2D eigenvalue weighted by atomic mass is 32.2. The van der Waals surface area contributed by atoms with Crippen LogP contribution in [0.3, 0.4) is 0 Å². The summed E-state index contributed by atoms with van der Waals surface area (Å²) in [6, 6.07) is 20.8. The third kappa shape index (κ3) is 2.00. The molecule has 0 spiro atoms. The minimum atomic E-state index is -0.251. The van der Waals surface area contributed by atoms with Crippen LogP contribution in [0.15, 0.2) is 71.6 Å². The predicted molar refractivity (Wildman–Crippen MR) is 86.7 cm³/mol. The predicted octanol–water partition coefficient (Wildman–Crippen LogP) is 4.14. The zero-order chi connectivity index (χ0) is 15.1. The molecule has 4 heteroatoms. The van der Waals surface area contributed by atoms with E-state index in [2.05, 4.69) is 0 Å². The zero-order valence-electron chi connectivity index (χ0n) is 11.5. The number of amides is 2. The van der Waals surface area contributed by atoms with Crippen LogP contribution in [0.5, 0.6) is 0 Å². The maximum Gasteiger partial charge on any atom is 0.272 e. The number of carbonyl (C=O) groups excluding carboxylic acids is 2. The van der Waals surface area contributed by atoms with Crippen molar-refractivity contribution < 1.29 is 9.59 Å². The van der Waals surface area contributed by atoms with Crippen LogP contribution in [0.4, 0.5) is 0 Å². The van der Waals surface area contributed by atoms with Crippen LogP contribution in [-0.2, 0) is 0 Å². The van der Waals surface area contributed by atoms with E-state index in [0.29, 0.717) is 11.1 Å². The molecule has 0 saturated carbocycles. The topological polar surface area (TPSA) is 37.4 Å². The quantitative estimate of drug-likeness (QED) is 0.527. The van der Waals surface area contributed by atoms with Crippen molar-refractivity contribution in [3.05, 3.63) is 77.9 Å². The Morgan fingerprint density at radius 2 is 1.27 bits per heavy atom. The number of carbonyl (C=O) groups is 2. The van der Waals surface area contributed by atoms with Gasteiger partial charge in [0.25, 0.3) is 11.8 Å². The van der Waals surface area contributed by atoms with Gasteiger partial charge in [0.2, 0.25) is 0 Å². The van der Waals surface area contributed by atoms with Crippen LogP contribution in [0.2, 0.25) is 0 Å². The molecule has 3 aromatic rings. The fourth-order valence-corrected chi connectivity index (χ4v) is 3.46. The maximum atomic E-state index is 12.4. The number of rotatable bonds is 2. The monoisotopic (exact) mass is 305 g/mol. The van der Waals surface area contributed by atoms with Crippen LogP contribution >= 0.6 is 11.9 Å². The molecule has 0 radical (unpaired) electrons. The fourth-order valence-electron chi connectivity index (χ4n) is 2.58. The Kier molecular flexibility index (Phi) is 2.98. The molecule has 0 fully saturated rings. The van der Waals surface area contributed by atoms with Crippen molar-refractivity contribution in [2.75, 3.05) is 0 Å². The Bertz CT molecular complexity index is 885. The third-order valence-corrected chi connectivity index (χ3v) is 4.65. The molecule has 0 bridgehead atoms. The van der Waals surface area contributed by atoms with Crippen LogP contribution in [0.1, 0.15) is 20.7 Å². The minimum Gasteiger partial charge on any atom is -0.268 e. The second-order valence-electron chi connectivity index (χ2n) is 5.05. The third-order valence-electron chi connectivity index (χ3n) is 3.67. The van der Waals surface area contributed by atoms with Crippen LogP contribution in [-0.4, -0.2) is 16.1 Å². The lowest BCUT2D eigenvalue weighted by Gasteiger charge is -2.12. The lowest BCUT2D eigenvalue weighted by Crippen LogP contribution is -2.21. The van der Waals surface area contributed by atoms with Gasteiger partial charge in [0.05, 0.1) is 11.1 Å². The van der Waals surface area contributed by atoms with Gasteiger partial charge in [0.15, 0.2) is 0 Å². The van der Waals surface area contributed by atoms with Crippen molar-refractivity contribution in [3.63, 3.8) is 0 Å². The van der Waals surface area contributed by atoms with Crippen LogP contribution in [0.25, 0.3) is 10.8 Å². The Morgan fingerprint density at radius 1 is 0.682 bits per heavy atom. The Hall–Kier alpha value is -2.59. The molecule has 0 unspecified atom stereocenters. The SMILES string of the molecule is O=C1c2ccccc2C(=O)N1Sc1ccc2ccccc2c1. The van der Waals surface area contributed by atoms with Crippen molar-refractivity contribution in [2.24, 2.45) is 0 Å². The highest BCUT2D eigenvalue weighted by Crippen LogP contribution is 2.33. The summed E-state index contributed by atoms with van der Waals surface area (Å²) >= 11 is 1.17. The molecule has 3 nitrogen and oxygen atoms in total. The van der Waals surface area contributed by atoms with E-state index in [1.807, 2.05) is 42.5 Å². The first-order valence-corrected chi connectivity index (χ1v) is 7.66. The first-order chi connectivity index (χ1) is 10.7. The van der Waals surface area contributed by atoms with E-state index in [1.54, 1.807) is 24.3 Å². The highest BCUT2D eigenvalue weighted by Gasteiger charge is 2.36. The average Bonchev–Trinajstić information content (AvgIpc) is 2.80. The molecule has 1 aliphatic heterocycles. The molecule has 0 N–H and O–H groups in total. The first-order valence-electron chi connectivity index (χ1n) is 6.88. The maximum absolute atomic E-state index is 12.4. The Balaban J connectivity index is 1.69. The van der Waals surface area contributed by atoms with Crippen LogP contribution in [0, 0.1) is 0 Å².